The minimum absolute atomic E-state index is 0.00353. The molecule has 3 aromatic carbocycles. The van der Waals surface area contributed by atoms with Crippen molar-refractivity contribution in [2.24, 2.45) is 0 Å². The molecule has 290 valence electrons. The van der Waals surface area contributed by atoms with Crippen LogP contribution in [-0.2, 0) is 20.8 Å². The van der Waals surface area contributed by atoms with Gasteiger partial charge in [0.1, 0.15) is 29.0 Å². The third kappa shape index (κ3) is 8.14. The lowest BCUT2D eigenvalue weighted by molar-refractivity contribution is -0.153. The first-order valence-corrected chi connectivity index (χ1v) is 16.3. The van der Waals surface area contributed by atoms with Gasteiger partial charge in [0.05, 0.1) is 16.5 Å². The van der Waals surface area contributed by atoms with Crippen LogP contribution in [0.25, 0.3) is 0 Å². The highest BCUT2D eigenvalue weighted by Gasteiger charge is 2.42. The molecule has 0 radical (unpaired) electrons. The van der Waals surface area contributed by atoms with Gasteiger partial charge in [0.25, 0.3) is 5.91 Å². The number of fused-ring (bicyclic) bond motifs is 1. The number of aromatic hydroxyl groups is 3. The number of piperazine rings is 1. The number of imide groups is 1. The Balaban J connectivity index is 1.27. The fraction of sp³-hybridized carbons (Fsp3) is 0.250. The lowest BCUT2D eigenvalue weighted by Gasteiger charge is -2.34. The zero-order valence-corrected chi connectivity index (χ0v) is 28.5. The Labute approximate surface area is 311 Å². The number of amides is 6. The maximum Gasteiger partial charge on any atom is 0.547 e. The van der Waals surface area contributed by atoms with E-state index in [1.54, 1.807) is 0 Å². The van der Waals surface area contributed by atoms with Crippen LogP contribution in [0.1, 0.15) is 44.3 Å². The van der Waals surface area contributed by atoms with Gasteiger partial charge in [-0.2, -0.15) is 0 Å². The van der Waals surface area contributed by atoms with E-state index in [-0.39, 0.29) is 38.0 Å². The van der Waals surface area contributed by atoms with E-state index >= 15 is 0 Å². The van der Waals surface area contributed by atoms with E-state index < -0.39 is 129 Å². The van der Waals surface area contributed by atoms with Crippen LogP contribution < -0.4 is 20.6 Å². The number of rotatable bonds is 10. The Hall–Kier alpha value is -6.29. The molecule has 0 aliphatic carbocycles. The Kier molecular flexibility index (Phi) is 11.6. The number of benzene rings is 3. The lowest BCUT2D eigenvalue weighted by Crippen LogP contribution is -2.60. The average Bonchev–Trinajstić information content (AvgIpc) is 3.13. The van der Waals surface area contributed by atoms with Crippen LogP contribution in [0.4, 0.5) is 22.4 Å². The number of phenolic OH excluding ortho intramolecular Hbond substituents is 3. The number of urea groups is 1. The van der Waals surface area contributed by atoms with Crippen LogP contribution in [0.2, 0.25) is 5.02 Å². The molecule has 2 atom stereocenters. The zero-order valence-electron chi connectivity index (χ0n) is 27.7. The van der Waals surface area contributed by atoms with Crippen molar-refractivity contribution in [1.82, 2.24) is 25.8 Å². The summed E-state index contributed by atoms with van der Waals surface area (Å²) >= 11 is 6.10. The summed E-state index contributed by atoms with van der Waals surface area (Å²) < 4.78 is 61.5. The van der Waals surface area contributed by atoms with Gasteiger partial charge in [0.15, 0.2) is 28.9 Å². The van der Waals surface area contributed by atoms with E-state index in [2.05, 4.69) is 16.0 Å². The number of carboxylic acid groups (broad SMARTS) is 1. The van der Waals surface area contributed by atoms with Gasteiger partial charge in [0.2, 0.25) is 5.91 Å². The minimum Gasteiger partial charge on any atom is -0.534 e. The minimum atomic E-state index is -2.12. The van der Waals surface area contributed by atoms with Gasteiger partial charge in [-0.25, -0.2) is 27.2 Å². The van der Waals surface area contributed by atoms with E-state index in [0.717, 1.165) is 17.0 Å². The quantitative estimate of drug-likeness (QED) is 0.0472. The highest BCUT2D eigenvalue weighted by molar-refractivity contribution is 6.47. The molecule has 2 aliphatic heterocycles. The number of nitrogens with one attached hydrogen (secondary N) is 3. The standard InChI is InChI=1S/C32H27BClF4N5O12/c34-22-14(10-18(38)24(45)25(22)46)23(28(48)40-20-8-12-2-3-15(35)21(31(51)52)26(12)55-33(20)54)41-32(53)43-7-6-42(29(49)30(43)50)5-1-4-39-27(47)13-9-17(37)19(44)11-16(13)36/h2-3,9-11,20,23,44-46,54H,1,4-8H2,(H,39,47)(H,40,48)(H,41,53)(H,51,52)/t20-,23-/m0/s1. The van der Waals surface area contributed by atoms with E-state index in [9.17, 15) is 71.8 Å². The first kappa shape index (κ1) is 39.9. The second kappa shape index (κ2) is 16.0. The molecule has 2 heterocycles. The molecule has 3 aromatic rings. The topological polar surface area (TPSA) is 255 Å². The number of carbonyl (C=O) groups is 6. The van der Waals surface area contributed by atoms with Crippen molar-refractivity contribution in [3.63, 3.8) is 0 Å². The van der Waals surface area contributed by atoms with Gasteiger partial charge in [-0.1, -0.05) is 17.7 Å². The molecule has 5 rings (SSSR count). The largest absolute Gasteiger partial charge is 0.547 e. The number of halogens is 5. The molecule has 1 fully saturated rings. The monoisotopic (exact) mass is 795 g/mol. The summed E-state index contributed by atoms with van der Waals surface area (Å²) in [4.78, 5) is 78.2. The van der Waals surface area contributed by atoms with Crippen molar-refractivity contribution < 1.29 is 76.4 Å². The van der Waals surface area contributed by atoms with Crippen LogP contribution in [0.5, 0.6) is 23.0 Å². The summed E-state index contributed by atoms with van der Waals surface area (Å²) in [6.45, 7) is -1.07. The van der Waals surface area contributed by atoms with Gasteiger partial charge in [-0.15, -0.1) is 0 Å². The van der Waals surface area contributed by atoms with Crippen molar-refractivity contribution in [2.75, 3.05) is 26.2 Å². The Morgan fingerprint density at radius 2 is 1.65 bits per heavy atom. The van der Waals surface area contributed by atoms with E-state index in [0.29, 0.717) is 23.1 Å². The fourth-order valence-corrected chi connectivity index (χ4v) is 5.96. The molecule has 2 aliphatic rings. The predicted octanol–water partition coefficient (Wildman–Crippen LogP) is 1.09. The first-order valence-electron chi connectivity index (χ1n) is 15.9. The number of carboxylic acids is 1. The second-order valence-electron chi connectivity index (χ2n) is 12.0. The molecule has 8 N–H and O–H groups in total. The molecule has 1 saturated heterocycles. The molecule has 0 bridgehead atoms. The lowest BCUT2D eigenvalue weighted by atomic mass is 9.72. The summed E-state index contributed by atoms with van der Waals surface area (Å²) in [6, 6.07) is -0.190. The van der Waals surface area contributed by atoms with Gasteiger partial charge in [-0.05, 0) is 36.6 Å². The summed E-state index contributed by atoms with van der Waals surface area (Å²) in [5, 5.41) is 55.0. The summed E-state index contributed by atoms with van der Waals surface area (Å²) in [6.07, 6.45) is -0.360. The molecule has 6 amide bonds. The van der Waals surface area contributed by atoms with Gasteiger partial charge in [-0.3, -0.25) is 24.1 Å². The Morgan fingerprint density at radius 1 is 0.945 bits per heavy atom. The Bertz CT molecular complexity index is 2130. The smallest absolute Gasteiger partial charge is 0.534 e. The van der Waals surface area contributed by atoms with E-state index in [1.165, 1.54) is 0 Å². The summed E-state index contributed by atoms with van der Waals surface area (Å²) in [5.74, 6) is -17.2. The number of hydrogen-bond donors (Lipinski definition) is 8. The number of carbonyl (C=O) groups excluding carboxylic acids is 5. The molecule has 0 unspecified atom stereocenters. The highest BCUT2D eigenvalue weighted by atomic mass is 35.5. The van der Waals surface area contributed by atoms with Crippen LogP contribution in [0.3, 0.4) is 0 Å². The third-order valence-corrected chi connectivity index (χ3v) is 8.91. The maximum atomic E-state index is 14.6. The van der Waals surface area contributed by atoms with Gasteiger partial charge in [0, 0.05) is 37.8 Å². The van der Waals surface area contributed by atoms with Crippen molar-refractivity contribution in [3.05, 3.63) is 80.9 Å². The second-order valence-corrected chi connectivity index (χ2v) is 12.4. The highest BCUT2D eigenvalue weighted by Crippen LogP contribution is 2.41. The number of aromatic carboxylic acids is 1. The Morgan fingerprint density at radius 3 is 2.35 bits per heavy atom. The number of hydrogen-bond acceptors (Lipinski definition) is 11. The number of phenols is 3. The third-order valence-electron chi connectivity index (χ3n) is 8.51. The predicted molar refractivity (Wildman–Crippen MR) is 177 cm³/mol. The van der Waals surface area contributed by atoms with Crippen molar-refractivity contribution in [2.45, 2.75) is 24.8 Å². The van der Waals surface area contributed by atoms with E-state index in [4.69, 9.17) is 16.3 Å². The van der Waals surface area contributed by atoms with Crippen LogP contribution in [0, 0.1) is 23.3 Å². The molecule has 0 aromatic heterocycles. The van der Waals surface area contributed by atoms with Crippen LogP contribution >= 0.6 is 11.6 Å². The summed E-state index contributed by atoms with van der Waals surface area (Å²) in [5.41, 5.74) is -2.22. The van der Waals surface area contributed by atoms with Crippen LogP contribution in [0.15, 0.2) is 30.3 Å². The number of nitrogens with zero attached hydrogens (tertiary/aromatic N) is 2. The molecule has 23 heteroatoms. The van der Waals surface area contributed by atoms with Crippen molar-refractivity contribution in [1.29, 1.82) is 0 Å². The fourth-order valence-electron chi connectivity index (χ4n) is 5.70. The van der Waals surface area contributed by atoms with Gasteiger partial charge >= 0.3 is 30.9 Å². The van der Waals surface area contributed by atoms with Crippen molar-refractivity contribution >= 4 is 54.3 Å². The summed E-state index contributed by atoms with van der Waals surface area (Å²) in [7, 11) is -2.01. The molecule has 55 heavy (non-hydrogen) atoms. The molecule has 17 nitrogen and oxygen atoms in total. The first-order chi connectivity index (χ1) is 25.9. The van der Waals surface area contributed by atoms with Gasteiger partial charge < -0.3 is 51.0 Å². The molecule has 0 saturated carbocycles. The maximum absolute atomic E-state index is 14.6. The SMILES string of the molecule is O=C(NCCCN1CCN(C(=O)N[C@H](C(=O)N[C@H]2Cc3ccc(F)c(C(=O)O)c3OB2O)c2cc(F)c(O)c(O)c2Cl)C(=O)C1=O)c1cc(F)c(O)cc1F. The molecular weight excluding hydrogens is 769 g/mol. The van der Waals surface area contributed by atoms with Crippen molar-refractivity contribution in [3.8, 4) is 23.0 Å². The zero-order chi connectivity index (χ0) is 40.5. The van der Waals surface area contributed by atoms with E-state index in [1.807, 2.05) is 0 Å². The molecule has 0 spiro atoms. The average molecular weight is 796 g/mol. The normalized spacial score (nSPS) is 15.9. The van der Waals surface area contributed by atoms with Crippen LogP contribution in [-0.4, -0.2) is 110 Å². The molecular formula is C32H27BClF4N5O12.